The van der Waals surface area contributed by atoms with Gasteiger partial charge in [0.2, 0.25) is 0 Å². The van der Waals surface area contributed by atoms with Gasteiger partial charge in [-0.15, -0.1) is 0 Å². The molecule has 0 spiro atoms. The minimum Gasteiger partial charge on any atom is -0.545 e. The van der Waals surface area contributed by atoms with Gasteiger partial charge in [0.05, 0.1) is 67.7 Å². The standard InChI is InChI=1S/3C31H48O6.C2H6O2.Na/c3*1-17(2)9-8-10-20(28(35)36)26-22-15-24(34)27-29(5)13-12-23(33)18(3)21(29)11-14-30(27,6)31(22,7)16-25(26)37-19(4)32;3-1-2-4;/h3*9,18,21-25,27,33-34H,8,10-16H2,1-7H3,(H,35,36);3-4H,1-2H2;/q;;;;+1/p-1/t3*18-,21?,22+,23+,24+,25-,27?,29-,30-,31-;;/m000../s1. The molecule has 12 rings (SSSR count). The Balaban J connectivity index is 0.000000265. The Kier molecular flexibility index (Phi) is 31.2. The summed E-state index contributed by atoms with van der Waals surface area (Å²) in [6.45, 7) is 42.8. The van der Waals surface area contributed by atoms with Crippen molar-refractivity contribution in [1.82, 2.24) is 0 Å². The maximum atomic E-state index is 12.5. The summed E-state index contributed by atoms with van der Waals surface area (Å²) in [6, 6.07) is 0. The van der Waals surface area contributed by atoms with Gasteiger partial charge in [-0.2, -0.15) is 0 Å². The minimum atomic E-state index is -1.20. The van der Waals surface area contributed by atoms with Crippen LogP contribution in [0, 0.1) is 120 Å². The van der Waals surface area contributed by atoms with Gasteiger partial charge in [-0.25, -0.2) is 0 Å². The Morgan fingerprint density at radius 1 is 0.371 bits per heavy atom. The van der Waals surface area contributed by atoms with Gasteiger partial charge in [0.25, 0.3) is 0 Å². The van der Waals surface area contributed by atoms with Gasteiger partial charge in [-0.3, -0.25) is 14.4 Å². The van der Waals surface area contributed by atoms with Crippen molar-refractivity contribution in [2.24, 2.45) is 120 Å². The number of carboxylic acids is 3. The molecule has 0 aliphatic heterocycles. The predicted octanol–water partition coefficient (Wildman–Crippen LogP) is 9.19. The van der Waals surface area contributed by atoms with Gasteiger partial charge >= 0.3 is 50.3 Å². The Labute approximate surface area is 718 Å². The zero-order valence-electron chi connectivity index (χ0n) is 76.7. The van der Waals surface area contributed by atoms with E-state index in [0.717, 1.165) is 93.8 Å². The van der Waals surface area contributed by atoms with Crippen molar-refractivity contribution in [2.75, 3.05) is 13.2 Å². The van der Waals surface area contributed by atoms with Gasteiger partial charge in [-0.05, 0) is 349 Å². The average Bonchev–Trinajstić information content (AvgIpc) is 1.49. The molecule has 0 aromatic rings. The molecule has 21 heteroatoms. The molecule has 650 valence electrons. The number of hydrogen-bond acceptors (Lipinski definition) is 20. The van der Waals surface area contributed by atoms with E-state index in [-0.39, 0.29) is 183 Å². The van der Waals surface area contributed by atoms with E-state index in [4.69, 9.17) is 24.4 Å². The Bertz CT molecular complexity index is 3420. The number of hydrogen-bond donors (Lipinski definition) is 8. The second kappa shape index (κ2) is 37.2. The van der Waals surface area contributed by atoms with Crippen LogP contribution in [0.25, 0.3) is 0 Å². The zero-order valence-corrected chi connectivity index (χ0v) is 76.7. The van der Waals surface area contributed by atoms with E-state index in [9.17, 15) is 74.7 Å². The van der Waals surface area contributed by atoms with E-state index < -0.39 is 72.4 Å². The van der Waals surface area contributed by atoms with E-state index in [1.54, 1.807) is 0 Å². The van der Waals surface area contributed by atoms with E-state index in [2.05, 4.69) is 83.1 Å². The number of carbonyl (C=O) groups is 6. The van der Waals surface area contributed by atoms with E-state index in [1.165, 1.54) is 20.8 Å². The van der Waals surface area contributed by atoms with Gasteiger partial charge < -0.3 is 84.8 Å². The normalized spacial score (nSPS) is 44.5. The summed E-state index contributed by atoms with van der Waals surface area (Å²) in [5.41, 5.74) is 3.94. The molecule has 0 heterocycles. The number of aliphatic carboxylic acids is 3. The molecule has 12 fully saturated rings. The van der Waals surface area contributed by atoms with Crippen molar-refractivity contribution in [1.29, 1.82) is 0 Å². The van der Waals surface area contributed by atoms with E-state index in [1.807, 2.05) is 59.8 Å². The minimum absolute atomic E-state index is 0. The van der Waals surface area contributed by atoms with Crippen molar-refractivity contribution in [2.45, 2.75) is 354 Å². The first-order valence-corrected chi connectivity index (χ1v) is 44.0. The summed E-state index contributed by atoms with van der Waals surface area (Å²) < 4.78 is 17.5. The van der Waals surface area contributed by atoms with Crippen molar-refractivity contribution in [3.05, 3.63) is 68.4 Å². The summed E-state index contributed by atoms with van der Waals surface area (Å²) >= 11 is 0. The summed E-state index contributed by atoms with van der Waals surface area (Å²) in [6.07, 6.45) is 17.8. The van der Waals surface area contributed by atoms with Crippen LogP contribution in [0.2, 0.25) is 0 Å². The third-order valence-corrected chi connectivity index (χ3v) is 34.8. The molecule has 12 aliphatic rings. The van der Waals surface area contributed by atoms with Crippen molar-refractivity contribution >= 4 is 35.8 Å². The number of allylic oxidation sites excluding steroid dienone is 6. The molecule has 30 atom stereocenters. The van der Waals surface area contributed by atoms with Crippen LogP contribution >= 0.6 is 0 Å². The van der Waals surface area contributed by atoms with Crippen molar-refractivity contribution in [3.8, 4) is 0 Å². The molecule has 0 amide bonds. The van der Waals surface area contributed by atoms with Crippen LogP contribution in [0.4, 0.5) is 0 Å². The first-order valence-electron chi connectivity index (χ1n) is 44.0. The monoisotopic (exact) mass is 1630 g/mol. The number of carbonyl (C=O) groups excluding carboxylic acids is 6. The van der Waals surface area contributed by atoms with Gasteiger partial charge in [-0.1, -0.05) is 118 Å². The maximum Gasteiger partial charge on any atom is 1.00 e. The molecule has 12 saturated carbocycles. The number of aliphatic hydroxyl groups excluding tert-OH is 8. The molecule has 0 saturated heterocycles. The first kappa shape index (κ1) is 97.4. The fourth-order valence-corrected chi connectivity index (χ4v) is 29.3. The van der Waals surface area contributed by atoms with Crippen LogP contribution in [-0.2, 0) is 43.0 Å². The number of carboxylic acid groups (broad SMARTS) is 3. The predicted molar refractivity (Wildman–Crippen MR) is 436 cm³/mol. The van der Waals surface area contributed by atoms with Crippen LogP contribution in [0.15, 0.2) is 68.4 Å². The number of aliphatic hydroxyl groups is 8. The third kappa shape index (κ3) is 17.5. The second-order valence-electron chi connectivity index (χ2n) is 41.3. The Hall–Kier alpha value is -4.06. The molecule has 116 heavy (non-hydrogen) atoms. The average molecular weight is 1630 g/mol. The van der Waals surface area contributed by atoms with Crippen LogP contribution in [0.5, 0.6) is 0 Å². The number of rotatable bonds is 16. The largest absolute Gasteiger partial charge is 1.00 e. The van der Waals surface area contributed by atoms with Gasteiger partial charge in [0, 0.05) is 20.8 Å². The third-order valence-electron chi connectivity index (χ3n) is 34.8. The van der Waals surface area contributed by atoms with E-state index >= 15 is 0 Å². The summed E-state index contributed by atoms with van der Waals surface area (Å²) in [5.74, 6) is -3.76. The Morgan fingerprint density at radius 2 is 0.595 bits per heavy atom. The maximum absolute atomic E-state index is 12.5. The van der Waals surface area contributed by atoms with Crippen molar-refractivity contribution < 1.29 is 132 Å². The summed E-state index contributed by atoms with van der Waals surface area (Å²) in [5, 5.41) is 120. The SMILES string of the molecule is CC(=O)O[C@H]1C[C@@]2(C)[C@H](C[C@@H](O)C3[C@@]4(C)CC[C@@H](O)[C@@H](C)C4CC[C@@]32C)C1=C(CCC=C(C)C)C(=O)[O-].CC(=O)O[C@H]1C[C@@]2(C)[C@H](C[C@@H](O)C3[C@@]4(C)CC[C@@H](O)[C@@H](C)C4CC[C@@]32C)C1=C(CCC=C(C)C)C(=O)[O-].CC(=O)O[C@H]1C[C@@]2(C)[C@H](C[C@@H](O)C3[C@@]4(C)CC[C@@H](O)[C@@H](C)C4CC[C@@]32C)C1=C(CCC=C(C)C)C(=O)[O-].OCCO.[H+].[H+].[Na+]. The molecule has 12 aliphatic carbocycles. The summed E-state index contributed by atoms with van der Waals surface area (Å²) in [4.78, 5) is 74.1. The summed E-state index contributed by atoms with van der Waals surface area (Å²) in [7, 11) is 0. The van der Waals surface area contributed by atoms with E-state index in [0.29, 0.717) is 112 Å². The molecule has 20 nitrogen and oxygen atoms in total. The number of fused-ring (bicyclic) bond motifs is 15. The first-order chi connectivity index (χ1) is 53.4. The molecular formula is C95H149NaO20. The topological polar surface area (TPSA) is 361 Å². The van der Waals surface area contributed by atoms with Crippen LogP contribution in [0.1, 0.15) is 302 Å². The fourth-order valence-electron chi connectivity index (χ4n) is 29.3. The molecule has 8 N–H and O–H groups in total. The second-order valence-corrected chi connectivity index (χ2v) is 41.3. The molecule has 6 unspecified atom stereocenters. The number of ether oxygens (including phenoxy) is 3. The fraction of sp³-hybridized carbons (Fsp3) is 0.811. The van der Waals surface area contributed by atoms with Gasteiger partial charge in [0.15, 0.2) is 0 Å². The van der Waals surface area contributed by atoms with Crippen LogP contribution in [-0.4, -0.2) is 145 Å². The van der Waals surface area contributed by atoms with Crippen LogP contribution < -0.4 is 44.9 Å². The molecule has 0 aromatic carbocycles. The zero-order chi connectivity index (χ0) is 85.9. The van der Waals surface area contributed by atoms with Crippen molar-refractivity contribution in [3.63, 3.8) is 0 Å². The van der Waals surface area contributed by atoms with Gasteiger partial charge in [0.1, 0.15) is 18.3 Å². The molecular weight excluding hydrogens is 1480 g/mol. The molecule has 0 aromatic heterocycles. The molecule has 0 bridgehead atoms. The van der Waals surface area contributed by atoms with Crippen LogP contribution in [0.3, 0.4) is 0 Å². The molecule has 0 radical (unpaired) electrons. The Morgan fingerprint density at radius 3 is 0.784 bits per heavy atom. The smallest absolute Gasteiger partial charge is 0.545 e. The quantitative estimate of drug-likeness (QED) is 0.0234. The number of esters is 3.